The van der Waals surface area contributed by atoms with E-state index in [1.165, 1.54) is 97.6 Å². The quantitative estimate of drug-likeness (QED) is 0.159. The standard InChI is InChI=1S/C58H36N2/c1-3-13-37(14-4-1)38-31-33-44(34-32-38)59(52-25-12-26-53-58(52)49-20-7-8-24-51(49)60(53)43-18-5-2-6-19-43)45-35-42-30-29-41-16-10-22-47-46-21-9-15-39-27-28-40-17-11-23-48(56(40)54(39)46)50(36-45)57(42)55(41)47/h1-36H. The molecule has 0 aliphatic carbocycles. The van der Waals surface area contributed by atoms with Crippen LogP contribution in [0, 0.1) is 0 Å². The Morgan fingerprint density at radius 3 is 1.45 bits per heavy atom. The first-order chi connectivity index (χ1) is 29.8. The third kappa shape index (κ3) is 4.76. The van der Waals surface area contributed by atoms with Crippen LogP contribution in [-0.4, -0.2) is 4.57 Å². The van der Waals surface area contributed by atoms with Gasteiger partial charge in [0, 0.05) is 27.8 Å². The lowest BCUT2D eigenvalue weighted by Gasteiger charge is -2.28. The monoisotopic (exact) mass is 760 g/mol. The minimum absolute atomic E-state index is 1.10. The number of nitrogens with zero attached hydrogens (tertiary/aromatic N) is 2. The Balaban J connectivity index is 1.18. The predicted octanol–water partition coefficient (Wildman–Crippen LogP) is 16.3. The molecule has 278 valence electrons. The number of anilines is 3. The summed E-state index contributed by atoms with van der Waals surface area (Å²) in [4.78, 5) is 2.50. The van der Waals surface area contributed by atoms with Crippen LogP contribution in [0.2, 0.25) is 0 Å². The Hall–Kier alpha value is -7.94. The Labute approximate surface area is 346 Å². The van der Waals surface area contributed by atoms with Crippen LogP contribution in [-0.2, 0) is 0 Å². The van der Waals surface area contributed by atoms with Crippen LogP contribution in [0.3, 0.4) is 0 Å². The minimum Gasteiger partial charge on any atom is -0.310 e. The smallest absolute Gasteiger partial charge is 0.0562 e. The number of hydrogen-bond donors (Lipinski definition) is 0. The van der Waals surface area contributed by atoms with E-state index in [9.17, 15) is 0 Å². The molecule has 2 heteroatoms. The minimum atomic E-state index is 1.10. The second kappa shape index (κ2) is 12.8. The van der Waals surface area contributed by atoms with Gasteiger partial charge in [0.25, 0.3) is 0 Å². The van der Waals surface area contributed by atoms with E-state index in [4.69, 9.17) is 0 Å². The maximum Gasteiger partial charge on any atom is 0.0562 e. The molecule has 0 saturated heterocycles. The van der Waals surface area contributed by atoms with E-state index in [-0.39, 0.29) is 0 Å². The highest BCUT2D eigenvalue weighted by molar-refractivity contribution is 6.37. The zero-order chi connectivity index (χ0) is 39.3. The van der Waals surface area contributed by atoms with Gasteiger partial charge in [0.15, 0.2) is 0 Å². The van der Waals surface area contributed by atoms with Crippen molar-refractivity contribution in [3.05, 3.63) is 218 Å². The number of fused-ring (bicyclic) bond motifs is 5. The molecular weight excluding hydrogens is 725 g/mol. The molecule has 0 aliphatic rings. The summed E-state index contributed by atoms with van der Waals surface area (Å²) in [6.45, 7) is 0. The number of benzene rings is 11. The fraction of sp³-hybridized carbons (Fsp3) is 0. The van der Waals surface area contributed by atoms with E-state index >= 15 is 0 Å². The molecule has 0 amide bonds. The number of para-hydroxylation sites is 2. The molecule has 12 aromatic carbocycles. The highest BCUT2D eigenvalue weighted by Crippen LogP contribution is 2.48. The Bertz CT molecular complexity index is 3800. The summed E-state index contributed by atoms with van der Waals surface area (Å²) in [6, 6.07) is 80.8. The van der Waals surface area contributed by atoms with Crippen molar-refractivity contribution in [3.63, 3.8) is 0 Å². The molecule has 0 unspecified atom stereocenters. The maximum absolute atomic E-state index is 2.50. The maximum atomic E-state index is 2.50. The van der Waals surface area contributed by atoms with E-state index in [2.05, 4.69) is 228 Å². The molecule has 1 aromatic heterocycles. The predicted molar refractivity (Wildman–Crippen MR) is 257 cm³/mol. The van der Waals surface area contributed by atoms with Crippen LogP contribution < -0.4 is 4.90 Å². The van der Waals surface area contributed by atoms with E-state index < -0.39 is 0 Å². The summed E-state index contributed by atoms with van der Waals surface area (Å²) in [5, 5.41) is 17.7. The van der Waals surface area contributed by atoms with Crippen molar-refractivity contribution in [3.8, 4) is 16.8 Å². The number of aromatic nitrogens is 1. The first kappa shape index (κ1) is 33.1. The van der Waals surface area contributed by atoms with Crippen molar-refractivity contribution < 1.29 is 0 Å². The summed E-state index contributed by atoms with van der Waals surface area (Å²) in [7, 11) is 0. The molecule has 13 aromatic rings. The topological polar surface area (TPSA) is 8.17 Å². The van der Waals surface area contributed by atoms with Gasteiger partial charge in [0.2, 0.25) is 0 Å². The molecule has 13 rings (SSSR count). The van der Waals surface area contributed by atoms with Crippen LogP contribution in [0.15, 0.2) is 218 Å². The SMILES string of the molecule is c1ccc(-c2ccc(N(c3cc4ccc5cccc6c7cccc8ccc9cccc(c(c3)c4c56)c9c87)c3cccc4c3c3ccccc3n4-c3ccccc3)cc2)cc1. The molecule has 0 atom stereocenters. The first-order valence-corrected chi connectivity index (χ1v) is 20.8. The fourth-order valence-electron chi connectivity index (χ4n) is 10.3. The van der Waals surface area contributed by atoms with Crippen LogP contribution >= 0.6 is 0 Å². The average molecular weight is 761 g/mol. The molecular formula is C58H36N2. The highest BCUT2D eigenvalue weighted by atomic mass is 15.1. The van der Waals surface area contributed by atoms with Gasteiger partial charge >= 0.3 is 0 Å². The van der Waals surface area contributed by atoms with Gasteiger partial charge in [0.1, 0.15) is 0 Å². The third-order valence-electron chi connectivity index (χ3n) is 12.8. The van der Waals surface area contributed by atoms with Crippen molar-refractivity contribution in [2.24, 2.45) is 0 Å². The summed E-state index contributed by atoms with van der Waals surface area (Å²) in [5.74, 6) is 0. The van der Waals surface area contributed by atoms with E-state index in [1.807, 2.05) is 0 Å². The fourth-order valence-corrected chi connectivity index (χ4v) is 10.3. The van der Waals surface area contributed by atoms with Crippen molar-refractivity contribution in [2.45, 2.75) is 0 Å². The van der Waals surface area contributed by atoms with Crippen molar-refractivity contribution in [2.75, 3.05) is 4.90 Å². The van der Waals surface area contributed by atoms with Crippen LogP contribution in [0.5, 0.6) is 0 Å². The lowest BCUT2D eigenvalue weighted by molar-refractivity contribution is 1.18. The Kier molecular flexibility index (Phi) is 7.05. The zero-order valence-electron chi connectivity index (χ0n) is 32.7. The normalized spacial score (nSPS) is 12.0. The summed E-state index contributed by atoms with van der Waals surface area (Å²) in [6.07, 6.45) is 0. The molecule has 2 nitrogen and oxygen atoms in total. The largest absolute Gasteiger partial charge is 0.310 e. The molecule has 0 fully saturated rings. The molecule has 0 N–H and O–H groups in total. The van der Waals surface area contributed by atoms with E-state index in [0.717, 1.165) is 22.7 Å². The van der Waals surface area contributed by atoms with Gasteiger partial charge in [-0.1, -0.05) is 164 Å². The molecule has 60 heavy (non-hydrogen) atoms. The third-order valence-corrected chi connectivity index (χ3v) is 12.8. The lowest BCUT2D eigenvalue weighted by Crippen LogP contribution is -2.10. The second-order valence-corrected chi connectivity index (χ2v) is 16.0. The van der Waals surface area contributed by atoms with Crippen molar-refractivity contribution >= 4 is 104 Å². The molecule has 0 bridgehead atoms. The van der Waals surface area contributed by atoms with Gasteiger partial charge in [-0.2, -0.15) is 0 Å². The summed E-state index contributed by atoms with van der Waals surface area (Å²) in [5.41, 5.74) is 9.25. The second-order valence-electron chi connectivity index (χ2n) is 16.0. The van der Waals surface area contributed by atoms with E-state index in [1.54, 1.807) is 0 Å². The molecule has 0 saturated carbocycles. The Morgan fingerprint density at radius 2 is 0.783 bits per heavy atom. The highest BCUT2D eigenvalue weighted by Gasteiger charge is 2.23. The van der Waals surface area contributed by atoms with Crippen molar-refractivity contribution in [1.82, 2.24) is 4.57 Å². The lowest BCUT2D eigenvalue weighted by atomic mass is 9.87. The molecule has 0 spiro atoms. The van der Waals surface area contributed by atoms with Gasteiger partial charge in [-0.25, -0.2) is 0 Å². The average Bonchev–Trinajstić information content (AvgIpc) is 3.66. The van der Waals surface area contributed by atoms with Crippen LogP contribution in [0.25, 0.3) is 103 Å². The summed E-state index contributed by atoms with van der Waals surface area (Å²) >= 11 is 0. The van der Waals surface area contributed by atoms with Crippen LogP contribution in [0.1, 0.15) is 0 Å². The van der Waals surface area contributed by atoms with Crippen molar-refractivity contribution in [1.29, 1.82) is 0 Å². The van der Waals surface area contributed by atoms with Crippen LogP contribution in [0.4, 0.5) is 17.1 Å². The first-order valence-electron chi connectivity index (χ1n) is 20.8. The molecule has 0 radical (unpaired) electrons. The summed E-state index contributed by atoms with van der Waals surface area (Å²) < 4.78 is 2.41. The molecule has 0 aliphatic heterocycles. The van der Waals surface area contributed by atoms with Gasteiger partial charge in [-0.15, -0.1) is 0 Å². The van der Waals surface area contributed by atoms with Gasteiger partial charge in [-0.3, -0.25) is 0 Å². The van der Waals surface area contributed by atoms with E-state index in [0.29, 0.717) is 0 Å². The number of hydrogen-bond acceptors (Lipinski definition) is 1. The van der Waals surface area contributed by atoms with Gasteiger partial charge in [0.05, 0.1) is 16.7 Å². The van der Waals surface area contributed by atoms with Gasteiger partial charge in [-0.05, 0) is 130 Å². The Morgan fingerprint density at radius 1 is 0.283 bits per heavy atom. The number of rotatable bonds is 5. The molecule has 1 heterocycles. The zero-order valence-corrected chi connectivity index (χ0v) is 32.7. The van der Waals surface area contributed by atoms with Gasteiger partial charge < -0.3 is 9.47 Å².